The summed E-state index contributed by atoms with van der Waals surface area (Å²) in [5, 5.41) is 3.45. The van der Waals surface area contributed by atoms with Crippen LogP contribution in [0.25, 0.3) is 0 Å². The number of rotatable bonds is 8. The van der Waals surface area contributed by atoms with Gasteiger partial charge >= 0.3 is 0 Å². The molecule has 0 heterocycles. The van der Waals surface area contributed by atoms with Crippen LogP contribution in [0.4, 0.5) is 0 Å². The van der Waals surface area contributed by atoms with Gasteiger partial charge in [-0.05, 0) is 11.3 Å². The first-order valence-electron chi connectivity index (χ1n) is 5.78. The summed E-state index contributed by atoms with van der Waals surface area (Å²) in [6.07, 6.45) is 2.55. The van der Waals surface area contributed by atoms with Gasteiger partial charge in [0.05, 0.1) is 6.61 Å². The first-order valence-corrected chi connectivity index (χ1v) is 5.78. The molecule has 0 aromatic carbocycles. The third kappa shape index (κ3) is 4.97. The van der Waals surface area contributed by atoms with Crippen molar-refractivity contribution in [2.24, 2.45) is 11.3 Å². The van der Waals surface area contributed by atoms with Gasteiger partial charge in [-0.2, -0.15) is 0 Å². The minimum atomic E-state index is 0.400. The Balaban J connectivity index is 3.80. The molecule has 0 aliphatic heterocycles. The Hall–Kier alpha value is -0.0800. The van der Waals surface area contributed by atoms with E-state index in [1.165, 1.54) is 12.8 Å². The highest BCUT2D eigenvalue weighted by molar-refractivity contribution is 4.78. The fraction of sp³-hybridized carbons (Fsp3) is 1.00. The zero-order valence-electron chi connectivity index (χ0n) is 10.5. The standard InChI is InChI=1S/C12H27NO/c1-6-11(7-2)12(3,4)10-13-8-9-14-5/h11,13H,6-10H2,1-5H3. The molecule has 0 bridgehead atoms. The van der Waals surface area contributed by atoms with Crippen LogP contribution in [-0.2, 0) is 4.74 Å². The summed E-state index contributed by atoms with van der Waals surface area (Å²) in [6, 6.07) is 0. The van der Waals surface area contributed by atoms with Crippen LogP contribution in [0.1, 0.15) is 40.5 Å². The molecular formula is C12H27NO. The topological polar surface area (TPSA) is 21.3 Å². The summed E-state index contributed by atoms with van der Waals surface area (Å²) < 4.78 is 5.01. The van der Waals surface area contributed by atoms with Crippen molar-refractivity contribution in [1.29, 1.82) is 0 Å². The van der Waals surface area contributed by atoms with Crippen molar-refractivity contribution in [2.45, 2.75) is 40.5 Å². The third-order valence-electron chi connectivity index (χ3n) is 3.15. The molecule has 0 aliphatic rings. The molecule has 0 aromatic rings. The maximum Gasteiger partial charge on any atom is 0.0587 e. The Morgan fingerprint density at radius 1 is 1.21 bits per heavy atom. The summed E-state index contributed by atoms with van der Waals surface area (Å²) in [5.74, 6) is 0.817. The van der Waals surface area contributed by atoms with E-state index in [1.807, 2.05) is 0 Å². The highest BCUT2D eigenvalue weighted by Crippen LogP contribution is 2.30. The lowest BCUT2D eigenvalue weighted by Crippen LogP contribution is -2.36. The van der Waals surface area contributed by atoms with E-state index in [1.54, 1.807) is 7.11 Å². The van der Waals surface area contributed by atoms with Crippen LogP contribution < -0.4 is 5.32 Å². The molecule has 0 saturated carbocycles. The molecular weight excluding hydrogens is 174 g/mol. The van der Waals surface area contributed by atoms with E-state index in [-0.39, 0.29) is 0 Å². The first-order chi connectivity index (χ1) is 6.58. The van der Waals surface area contributed by atoms with Gasteiger partial charge < -0.3 is 10.1 Å². The van der Waals surface area contributed by atoms with E-state index in [4.69, 9.17) is 4.74 Å². The average molecular weight is 201 g/mol. The fourth-order valence-electron chi connectivity index (χ4n) is 2.12. The Kier molecular flexibility index (Phi) is 7.20. The van der Waals surface area contributed by atoms with Crippen molar-refractivity contribution in [2.75, 3.05) is 26.8 Å². The summed E-state index contributed by atoms with van der Waals surface area (Å²) in [5.41, 5.74) is 0.400. The van der Waals surface area contributed by atoms with Crippen molar-refractivity contribution < 1.29 is 4.74 Å². The highest BCUT2D eigenvalue weighted by atomic mass is 16.5. The highest BCUT2D eigenvalue weighted by Gasteiger charge is 2.25. The Morgan fingerprint density at radius 2 is 1.79 bits per heavy atom. The Morgan fingerprint density at radius 3 is 2.21 bits per heavy atom. The van der Waals surface area contributed by atoms with E-state index in [9.17, 15) is 0 Å². The average Bonchev–Trinajstić information content (AvgIpc) is 2.14. The molecule has 1 N–H and O–H groups in total. The number of methoxy groups -OCH3 is 1. The van der Waals surface area contributed by atoms with Crippen LogP contribution in [0.2, 0.25) is 0 Å². The fourth-order valence-corrected chi connectivity index (χ4v) is 2.12. The van der Waals surface area contributed by atoms with Crippen LogP contribution in [0.3, 0.4) is 0 Å². The predicted molar refractivity (Wildman–Crippen MR) is 62.6 cm³/mol. The van der Waals surface area contributed by atoms with E-state index in [2.05, 4.69) is 33.0 Å². The lowest BCUT2D eigenvalue weighted by molar-refractivity contribution is 0.169. The summed E-state index contributed by atoms with van der Waals surface area (Å²) in [6.45, 7) is 12.1. The zero-order valence-corrected chi connectivity index (χ0v) is 10.5. The molecule has 0 saturated heterocycles. The molecule has 2 heteroatoms. The Bertz CT molecular complexity index is 130. The molecule has 0 aromatic heterocycles. The van der Waals surface area contributed by atoms with Gasteiger partial charge in [-0.25, -0.2) is 0 Å². The number of hydrogen-bond acceptors (Lipinski definition) is 2. The second kappa shape index (κ2) is 7.24. The molecule has 0 aliphatic carbocycles. The zero-order chi connectivity index (χ0) is 11.0. The largest absolute Gasteiger partial charge is 0.383 e. The van der Waals surface area contributed by atoms with Crippen molar-refractivity contribution in [3.63, 3.8) is 0 Å². The van der Waals surface area contributed by atoms with E-state index >= 15 is 0 Å². The SMILES string of the molecule is CCC(CC)C(C)(C)CNCCOC. The van der Waals surface area contributed by atoms with Crippen LogP contribution >= 0.6 is 0 Å². The van der Waals surface area contributed by atoms with Gasteiger partial charge in [0.1, 0.15) is 0 Å². The molecule has 0 rings (SSSR count). The lowest BCUT2D eigenvalue weighted by Gasteiger charge is -2.33. The maximum absolute atomic E-state index is 5.01. The summed E-state index contributed by atoms with van der Waals surface area (Å²) in [7, 11) is 1.74. The second-order valence-corrected chi connectivity index (χ2v) is 4.67. The minimum absolute atomic E-state index is 0.400. The maximum atomic E-state index is 5.01. The predicted octanol–water partition coefficient (Wildman–Crippen LogP) is 2.68. The molecule has 0 unspecified atom stereocenters. The second-order valence-electron chi connectivity index (χ2n) is 4.67. The van der Waals surface area contributed by atoms with Gasteiger partial charge in [-0.15, -0.1) is 0 Å². The molecule has 0 atom stereocenters. The van der Waals surface area contributed by atoms with Gasteiger partial charge in [0.2, 0.25) is 0 Å². The van der Waals surface area contributed by atoms with Crippen LogP contribution in [-0.4, -0.2) is 26.8 Å². The van der Waals surface area contributed by atoms with E-state index in [0.29, 0.717) is 5.41 Å². The molecule has 2 nitrogen and oxygen atoms in total. The summed E-state index contributed by atoms with van der Waals surface area (Å²) in [4.78, 5) is 0. The smallest absolute Gasteiger partial charge is 0.0587 e. The first kappa shape index (κ1) is 13.9. The van der Waals surface area contributed by atoms with Gasteiger partial charge in [-0.1, -0.05) is 40.5 Å². The number of nitrogens with one attached hydrogen (secondary N) is 1. The van der Waals surface area contributed by atoms with Crippen molar-refractivity contribution >= 4 is 0 Å². The van der Waals surface area contributed by atoms with Crippen molar-refractivity contribution in [3.8, 4) is 0 Å². The molecule has 0 amide bonds. The van der Waals surface area contributed by atoms with Crippen LogP contribution in [0.5, 0.6) is 0 Å². The van der Waals surface area contributed by atoms with Crippen LogP contribution in [0.15, 0.2) is 0 Å². The van der Waals surface area contributed by atoms with Gasteiger partial charge in [0.25, 0.3) is 0 Å². The van der Waals surface area contributed by atoms with Crippen LogP contribution in [0, 0.1) is 11.3 Å². The summed E-state index contributed by atoms with van der Waals surface area (Å²) >= 11 is 0. The van der Waals surface area contributed by atoms with Crippen molar-refractivity contribution in [3.05, 3.63) is 0 Å². The molecule has 0 fully saturated rings. The normalized spacial score (nSPS) is 12.4. The van der Waals surface area contributed by atoms with E-state index in [0.717, 1.165) is 25.6 Å². The molecule has 0 radical (unpaired) electrons. The molecule has 86 valence electrons. The monoisotopic (exact) mass is 201 g/mol. The minimum Gasteiger partial charge on any atom is -0.383 e. The Labute approximate surface area is 89.4 Å². The quantitative estimate of drug-likeness (QED) is 0.610. The molecule has 14 heavy (non-hydrogen) atoms. The van der Waals surface area contributed by atoms with E-state index < -0.39 is 0 Å². The lowest BCUT2D eigenvalue weighted by atomic mass is 9.76. The number of ether oxygens (including phenoxy) is 1. The van der Waals surface area contributed by atoms with Gasteiger partial charge in [-0.3, -0.25) is 0 Å². The van der Waals surface area contributed by atoms with Gasteiger partial charge in [0.15, 0.2) is 0 Å². The third-order valence-corrected chi connectivity index (χ3v) is 3.15. The van der Waals surface area contributed by atoms with Crippen molar-refractivity contribution in [1.82, 2.24) is 5.32 Å². The van der Waals surface area contributed by atoms with Gasteiger partial charge in [0, 0.05) is 20.2 Å². The number of hydrogen-bond donors (Lipinski definition) is 1. The molecule has 0 spiro atoms.